The van der Waals surface area contributed by atoms with Crippen molar-refractivity contribution < 1.29 is 9.84 Å². The Morgan fingerprint density at radius 3 is 2.27 bits per heavy atom. The lowest BCUT2D eigenvalue weighted by Crippen LogP contribution is -2.45. The van der Waals surface area contributed by atoms with Crippen molar-refractivity contribution in [3.63, 3.8) is 0 Å². The smallest absolute Gasteiger partial charge is 0.0879 e. The summed E-state index contributed by atoms with van der Waals surface area (Å²) in [5, 5.41) is 9.95. The van der Waals surface area contributed by atoms with E-state index in [9.17, 15) is 5.11 Å². The maximum atomic E-state index is 9.95. The zero-order chi connectivity index (χ0) is 11.5. The van der Waals surface area contributed by atoms with Crippen LogP contribution in [0.2, 0.25) is 0 Å². The van der Waals surface area contributed by atoms with Gasteiger partial charge < -0.3 is 14.7 Å². The highest BCUT2D eigenvalue weighted by Crippen LogP contribution is 2.20. The van der Waals surface area contributed by atoms with E-state index in [2.05, 4.69) is 18.7 Å². The first-order chi connectivity index (χ1) is 6.91. The topological polar surface area (TPSA) is 32.7 Å². The summed E-state index contributed by atoms with van der Waals surface area (Å²) in [6.07, 6.45) is 1.25. The van der Waals surface area contributed by atoms with E-state index < -0.39 is 5.60 Å². The van der Waals surface area contributed by atoms with E-state index in [1.165, 1.54) is 19.5 Å². The van der Waals surface area contributed by atoms with Gasteiger partial charge in [-0.25, -0.2) is 0 Å². The summed E-state index contributed by atoms with van der Waals surface area (Å²) in [6, 6.07) is 0. The van der Waals surface area contributed by atoms with Gasteiger partial charge in [0.1, 0.15) is 0 Å². The van der Waals surface area contributed by atoms with Gasteiger partial charge in [0.15, 0.2) is 0 Å². The highest BCUT2D eigenvalue weighted by molar-refractivity contribution is 4.81. The first-order valence-corrected chi connectivity index (χ1v) is 5.97. The van der Waals surface area contributed by atoms with Gasteiger partial charge in [-0.15, -0.1) is 0 Å². The number of hydrogen-bond acceptors (Lipinski definition) is 3. The molecule has 0 aromatic heterocycles. The van der Waals surface area contributed by atoms with E-state index in [0.29, 0.717) is 5.92 Å². The second-order valence-electron chi connectivity index (χ2n) is 5.38. The fourth-order valence-electron chi connectivity index (χ4n) is 2.13. The van der Waals surface area contributed by atoms with Crippen LogP contribution < -0.4 is 0 Å². The molecule has 1 aliphatic heterocycles. The van der Waals surface area contributed by atoms with Gasteiger partial charge in [0, 0.05) is 6.54 Å². The molecule has 0 aromatic carbocycles. The molecule has 0 bridgehead atoms. The lowest BCUT2D eigenvalue weighted by Gasteiger charge is -2.35. The zero-order valence-electron chi connectivity index (χ0n) is 10.5. The predicted octanol–water partition coefficient (Wildman–Crippen LogP) is 1.50. The van der Waals surface area contributed by atoms with Crippen LogP contribution in [0.4, 0.5) is 0 Å². The van der Waals surface area contributed by atoms with Gasteiger partial charge in [0.05, 0.1) is 18.3 Å². The molecule has 1 atom stereocenters. The summed E-state index contributed by atoms with van der Waals surface area (Å²) >= 11 is 0. The molecule has 0 spiro atoms. The minimum atomic E-state index is -0.747. The van der Waals surface area contributed by atoms with E-state index in [1.807, 2.05) is 13.8 Å². The van der Waals surface area contributed by atoms with Crippen molar-refractivity contribution in [3.8, 4) is 0 Å². The Labute approximate surface area is 93.4 Å². The molecule has 0 unspecified atom stereocenters. The van der Waals surface area contributed by atoms with E-state index in [-0.39, 0.29) is 6.10 Å². The summed E-state index contributed by atoms with van der Waals surface area (Å²) in [4.78, 5) is 2.38. The molecule has 1 saturated heterocycles. The van der Waals surface area contributed by atoms with E-state index in [0.717, 1.165) is 13.2 Å². The number of likely N-dealkylation sites (tertiary alicyclic amines) is 1. The van der Waals surface area contributed by atoms with Crippen molar-refractivity contribution in [2.75, 3.05) is 26.2 Å². The molecular weight excluding hydrogens is 190 g/mol. The number of aliphatic hydroxyl groups is 1. The molecule has 3 nitrogen and oxygen atoms in total. The van der Waals surface area contributed by atoms with Crippen LogP contribution in [0.15, 0.2) is 0 Å². The van der Waals surface area contributed by atoms with Gasteiger partial charge in [-0.05, 0) is 39.3 Å². The molecule has 1 aliphatic rings. The molecule has 1 rings (SSSR count). The Morgan fingerprint density at radius 1 is 1.33 bits per heavy atom. The minimum absolute atomic E-state index is 0.0706. The third-order valence-electron chi connectivity index (χ3n) is 2.96. The highest BCUT2D eigenvalue weighted by Gasteiger charge is 2.30. The van der Waals surface area contributed by atoms with Gasteiger partial charge in [0.25, 0.3) is 0 Å². The number of rotatable bonds is 6. The number of ether oxygens (including phenoxy) is 1. The molecule has 3 heteroatoms. The van der Waals surface area contributed by atoms with Gasteiger partial charge >= 0.3 is 0 Å². The van der Waals surface area contributed by atoms with Crippen LogP contribution in [0, 0.1) is 5.92 Å². The van der Waals surface area contributed by atoms with E-state index in [1.54, 1.807) is 0 Å². The Hall–Kier alpha value is -0.120. The Balaban J connectivity index is 2.25. The molecule has 0 saturated carbocycles. The van der Waals surface area contributed by atoms with Crippen LogP contribution in [-0.2, 0) is 4.74 Å². The molecule has 90 valence electrons. The van der Waals surface area contributed by atoms with Crippen molar-refractivity contribution in [2.45, 2.75) is 45.8 Å². The molecule has 1 N–H and O–H groups in total. The van der Waals surface area contributed by atoms with Gasteiger partial charge in [0.2, 0.25) is 0 Å². The standard InChI is InChI=1S/C12H25NO2/c1-10(2)11(12(3,4)14)15-9-8-13-6-5-7-13/h10-11,14H,5-9H2,1-4H3/t11-/m0/s1. The molecule has 0 aliphatic carbocycles. The summed E-state index contributed by atoms with van der Waals surface area (Å²) < 4.78 is 5.78. The van der Waals surface area contributed by atoms with E-state index >= 15 is 0 Å². The quantitative estimate of drug-likeness (QED) is 0.729. The zero-order valence-corrected chi connectivity index (χ0v) is 10.5. The van der Waals surface area contributed by atoms with Gasteiger partial charge in [-0.1, -0.05) is 13.8 Å². The van der Waals surface area contributed by atoms with Crippen LogP contribution in [0.25, 0.3) is 0 Å². The average molecular weight is 215 g/mol. The van der Waals surface area contributed by atoms with Crippen molar-refractivity contribution >= 4 is 0 Å². The number of nitrogens with zero attached hydrogens (tertiary/aromatic N) is 1. The van der Waals surface area contributed by atoms with Crippen LogP contribution in [0.3, 0.4) is 0 Å². The monoisotopic (exact) mass is 215 g/mol. The Bertz CT molecular complexity index is 183. The molecule has 1 fully saturated rings. The molecule has 0 aromatic rings. The molecule has 0 radical (unpaired) electrons. The summed E-state index contributed by atoms with van der Waals surface area (Å²) in [5.41, 5.74) is -0.747. The van der Waals surface area contributed by atoms with Crippen molar-refractivity contribution in [2.24, 2.45) is 5.92 Å². The third kappa shape index (κ3) is 4.09. The summed E-state index contributed by atoms with van der Waals surface area (Å²) in [6.45, 7) is 12.0. The maximum absolute atomic E-state index is 9.95. The second kappa shape index (κ2) is 5.28. The Morgan fingerprint density at radius 2 is 1.93 bits per heavy atom. The van der Waals surface area contributed by atoms with Crippen LogP contribution >= 0.6 is 0 Å². The average Bonchev–Trinajstić information content (AvgIpc) is 1.97. The van der Waals surface area contributed by atoms with Crippen LogP contribution in [0.5, 0.6) is 0 Å². The molecule has 0 amide bonds. The normalized spacial score (nSPS) is 20.4. The molecule has 15 heavy (non-hydrogen) atoms. The van der Waals surface area contributed by atoms with E-state index in [4.69, 9.17) is 4.74 Å². The summed E-state index contributed by atoms with van der Waals surface area (Å²) in [7, 11) is 0. The SMILES string of the molecule is CC(C)[C@H](OCCN1CCC1)C(C)(C)O. The first kappa shape index (κ1) is 12.9. The maximum Gasteiger partial charge on any atom is 0.0879 e. The minimum Gasteiger partial charge on any atom is -0.388 e. The van der Waals surface area contributed by atoms with Crippen LogP contribution in [-0.4, -0.2) is 48.0 Å². The fourth-order valence-corrected chi connectivity index (χ4v) is 2.13. The van der Waals surface area contributed by atoms with Gasteiger partial charge in [-0.2, -0.15) is 0 Å². The van der Waals surface area contributed by atoms with Crippen molar-refractivity contribution in [1.82, 2.24) is 4.90 Å². The first-order valence-electron chi connectivity index (χ1n) is 5.97. The van der Waals surface area contributed by atoms with Crippen molar-refractivity contribution in [1.29, 1.82) is 0 Å². The lowest BCUT2D eigenvalue weighted by atomic mass is 9.92. The highest BCUT2D eigenvalue weighted by atomic mass is 16.5. The number of hydrogen-bond donors (Lipinski definition) is 1. The Kier molecular flexibility index (Phi) is 4.56. The van der Waals surface area contributed by atoms with Crippen LogP contribution in [0.1, 0.15) is 34.1 Å². The predicted molar refractivity (Wildman–Crippen MR) is 61.9 cm³/mol. The van der Waals surface area contributed by atoms with Gasteiger partial charge in [-0.3, -0.25) is 0 Å². The molecular formula is C12H25NO2. The fraction of sp³-hybridized carbons (Fsp3) is 1.00. The summed E-state index contributed by atoms with van der Waals surface area (Å²) in [5.74, 6) is 0.349. The third-order valence-corrected chi connectivity index (χ3v) is 2.96. The molecule has 1 heterocycles. The second-order valence-corrected chi connectivity index (χ2v) is 5.38. The van der Waals surface area contributed by atoms with Crippen molar-refractivity contribution in [3.05, 3.63) is 0 Å². The lowest BCUT2D eigenvalue weighted by molar-refractivity contribution is -0.113. The largest absolute Gasteiger partial charge is 0.388 e.